The molecule has 0 unspecified atom stereocenters. The van der Waals surface area contributed by atoms with Crippen molar-refractivity contribution in [1.29, 1.82) is 0 Å². The average Bonchev–Trinajstić information content (AvgIpc) is 2.05. The predicted octanol–water partition coefficient (Wildman–Crippen LogP) is -0.0534. The van der Waals surface area contributed by atoms with E-state index in [-0.39, 0.29) is 12.3 Å². The third-order valence-electron chi connectivity index (χ3n) is 1.15. The number of H-pyrrole nitrogens is 1. The first-order valence-corrected chi connectivity index (χ1v) is 3.45. The lowest BCUT2D eigenvalue weighted by Gasteiger charge is -1.98. The lowest BCUT2D eigenvalue weighted by Crippen LogP contribution is -2.14. The highest BCUT2D eigenvalue weighted by Crippen LogP contribution is 1.90. The lowest BCUT2D eigenvalue weighted by molar-refractivity contribution is 0.0518. The zero-order valence-corrected chi connectivity index (χ0v) is 6.53. The standard InChI is InChI=1S/C7H8N2O3/c1-2-12-7(11)5-3-8-4-6(10)9-5/h3-4H,2H2,1H3,(H,9,10). The Morgan fingerprint density at radius 3 is 3.00 bits per heavy atom. The Morgan fingerprint density at radius 2 is 2.42 bits per heavy atom. The van der Waals surface area contributed by atoms with Crippen molar-refractivity contribution in [3.63, 3.8) is 0 Å². The van der Waals surface area contributed by atoms with Gasteiger partial charge >= 0.3 is 5.97 Å². The first kappa shape index (κ1) is 8.45. The van der Waals surface area contributed by atoms with Crippen molar-refractivity contribution >= 4 is 5.97 Å². The molecule has 1 N–H and O–H groups in total. The van der Waals surface area contributed by atoms with E-state index in [1.807, 2.05) is 0 Å². The number of aromatic nitrogens is 2. The SMILES string of the molecule is CCOC(=O)c1cncc(=O)[nH]1. The Bertz CT molecular complexity index is 331. The molecule has 0 fully saturated rings. The molecule has 0 bridgehead atoms. The minimum absolute atomic E-state index is 0.0735. The van der Waals surface area contributed by atoms with Crippen LogP contribution in [0.3, 0.4) is 0 Å². The number of esters is 1. The molecule has 0 aliphatic carbocycles. The molecule has 0 spiro atoms. The third kappa shape index (κ3) is 1.91. The quantitative estimate of drug-likeness (QED) is 0.628. The van der Waals surface area contributed by atoms with Crippen LogP contribution in [0.25, 0.3) is 0 Å². The van der Waals surface area contributed by atoms with Crippen molar-refractivity contribution in [2.75, 3.05) is 6.61 Å². The van der Waals surface area contributed by atoms with Crippen LogP contribution in [-0.4, -0.2) is 22.5 Å². The van der Waals surface area contributed by atoms with Gasteiger partial charge in [0.25, 0.3) is 5.56 Å². The van der Waals surface area contributed by atoms with Crippen LogP contribution in [0.2, 0.25) is 0 Å². The summed E-state index contributed by atoms with van der Waals surface area (Å²) in [5.41, 5.74) is -0.343. The topological polar surface area (TPSA) is 72.0 Å². The van der Waals surface area contributed by atoms with E-state index in [0.29, 0.717) is 0 Å². The molecular formula is C7H8N2O3. The molecule has 0 saturated heterocycles. The smallest absolute Gasteiger partial charge is 0.356 e. The van der Waals surface area contributed by atoms with Gasteiger partial charge in [0.15, 0.2) is 0 Å². The maximum absolute atomic E-state index is 11.0. The third-order valence-corrected chi connectivity index (χ3v) is 1.15. The van der Waals surface area contributed by atoms with Crippen molar-refractivity contribution in [1.82, 2.24) is 9.97 Å². The van der Waals surface area contributed by atoms with Crippen molar-refractivity contribution < 1.29 is 9.53 Å². The summed E-state index contributed by atoms with van der Waals surface area (Å²) >= 11 is 0. The van der Waals surface area contributed by atoms with Crippen LogP contribution < -0.4 is 5.56 Å². The summed E-state index contributed by atoms with van der Waals surface area (Å²) in [6.07, 6.45) is 2.34. The van der Waals surface area contributed by atoms with E-state index in [0.717, 1.165) is 6.20 Å². The molecule has 5 nitrogen and oxygen atoms in total. The molecule has 1 aromatic rings. The Morgan fingerprint density at radius 1 is 1.67 bits per heavy atom. The number of hydrogen-bond donors (Lipinski definition) is 1. The monoisotopic (exact) mass is 168 g/mol. The van der Waals surface area contributed by atoms with Gasteiger partial charge in [0, 0.05) is 0 Å². The first-order chi connectivity index (χ1) is 5.74. The Labute approximate surface area is 68.4 Å². The molecule has 1 rings (SSSR count). The summed E-state index contributed by atoms with van der Waals surface area (Å²) in [6.45, 7) is 1.96. The largest absolute Gasteiger partial charge is 0.461 e. The van der Waals surface area contributed by atoms with Crippen LogP contribution in [0.1, 0.15) is 17.4 Å². The van der Waals surface area contributed by atoms with Crippen LogP contribution in [0.5, 0.6) is 0 Å². The van der Waals surface area contributed by atoms with Gasteiger partial charge in [-0.1, -0.05) is 0 Å². The molecule has 64 valence electrons. The lowest BCUT2D eigenvalue weighted by atomic mass is 10.4. The Balaban J connectivity index is 2.88. The van der Waals surface area contributed by atoms with E-state index in [9.17, 15) is 9.59 Å². The molecule has 0 amide bonds. The highest BCUT2D eigenvalue weighted by Gasteiger charge is 2.05. The zero-order valence-electron chi connectivity index (χ0n) is 6.53. The van der Waals surface area contributed by atoms with Gasteiger partial charge < -0.3 is 9.72 Å². The van der Waals surface area contributed by atoms with Gasteiger partial charge in [-0.15, -0.1) is 0 Å². The minimum atomic E-state index is -0.567. The minimum Gasteiger partial charge on any atom is -0.461 e. The van der Waals surface area contributed by atoms with Crippen LogP contribution in [0.4, 0.5) is 0 Å². The summed E-state index contributed by atoms with van der Waals surface area (Å²) in [5.74, 6) is -0.567. The molecule has 1 heterocycles. The fourth-order valence-corrected chi connectivity index (χ4v) is 0.689. The first-order valence-electron chi connectivity index (χ1n) is 3.45. The maximum Gasteiger partial charge on any atom is 0.356 e. The van der Waals surface area contributed by atoms with Crippen LogP contribution in [0, 0.1) is 0 Å². The molecule has 0 saturated carbocycles. The molecule has 0 aromatic carbocycles. The van der Waals surface area contributed by atoms with E-state index in [4.69, 9.17) is 0 Å². The summed E-state index contributed by atoms with van der Waals surface area (Å²) < 4.78 is 4.63. The van der Waals surface area contributed by atoms with Crippen molar-refractivity contribution in [2.45, 2.75) is 6.92 Å². The molecule has 5 heteroatoms. The predicted molar refractivity (Wildman–Crippen MR) is 40.8 cm³/mol. The number of carbonyl (C=O) groups excluding carboxylic acids is 1. The highest BCUT2D eigenvalue weighted by atomic mass is 16.5. The van der Waals surface area contributed by atoms with Crippen LogP contribution in [-0.2, 0) is 4.74 Å². The van der Waals surface area contributed by atoms with E-state index >= 15 is 0 Å². The molecule has 12 heavy (non-hydrogen) atoms. The summed E-state index contributed by atoms with van der Waals surface area (Å²) in [4.78, 5) is 27.5. The van der Waals surface area contributed by atoms with Gasteiger partial charge in [-0.2, -0.15) is 0 Å². The number of carbonyl (C=O) groups is 1. The van der Waals surface area contributed by atoms with Crippen molar-refractivity contribution in [3.8, 4) is 0 Å². The number of nitrogens with zero attached hydrogens (tertiary/aromatic N) is 1. The fraction of sp³-hybridized carbons (Fsp3) is 0.286. The molecule has 1 aromatic heterocycles. The van der Waals surface area contributed by atoms with Gasteiger partial charge in [-0.05, 0) is 6.92 Å². The number of hydrogen-bond acceptors (Lipinski definition) is 4. The van der Waals surface area contributed by atoms with E-state index in [1.165, 1.54) is 6.20 Å². The molecular weight excluding hydrogens is 160 g/mol. The average molecular weight is 168 g/mol. The van der Waals surface area contributed by atoms with Gasteiger partial charge in [-0.3, -0.25) is 9.78 Å². The highest BCUT2D eigenvalue weighted by molar-refractivity contribution is 5.86. The second-order valence-corrected chi connectivity index (χ2v) is 2.03. The van der Waals surface area contributed by atoms with E-state index in [2.05, 4.69) is 14.7 Å². The number of ether oxygens (including phenoxy) is 1. The second kappa shape index (κ2) is 3.66. The van der Waals surface area contributed by atoms with Gasteiger partial charge in [-0.25, -0.2) is 4.79 Å². The molecule has 0 radical (unpaired) electrons. The second-order valence-electron chi connectivity index (χ2n) is 2.03. The molecule has 0 aliphatic heterocycles. The van der Waals surface area contributed by atoms with Crippen LogP contribution in [0.15, 0.2) is 17.2 Å². The summed E-state index contributed by atoms with van der Waals surface area (Å²) in [5, 5.41) is 0. The Hall–Kier alpha value is -1.65. The summed E-state index contributed by atoms with van der Waals surface area (Å²) in [7, 11) is 0. The van der Waals surface area contributed by atoms with Crippen molar-refractivity contribution in [3.05, 3.63) is 28.4 Å². The van der Waals surface area contributed by atoms with E-state index in [1.54, 1.807) is 6.92 Å². The normalized spacial score (nSPS) is 9.42. The van der Waals surface area contributed by atoms with Gasteiger partial charge in [0.2, 0.25) is 0 Å². The number of aromatic amines is 1. The van der Waals surface area contributed by atoms with Gasteiger partial charge in [0.1, 0.15) is 5.69 Å². The summed E-state index contributed by atoms with van der Waals surface area (Å²) in [6, 6.07) is 0. The molecule has 0 atom stereocenters. The van der Waals surface area contributed by atoms with Crippen LogP contribution >= 0.6 is 0 Å². The zero-order chi connectivity index (χ0) is 8.97. The van der Waals surface area contributed by atoms with E-state index < -0.39 is 11.5 Å². The maximum atomic E-state index is 11.0. The molecule has 0 aliphatic rings. The van der Waals surface area contributed by atoms with Gasteiger partial charge in [0.05, 0.1) is 19.0 Å². The fourth-order valence-electron chi connectivity index (χ4n) is 0.689. The van der Waals surface area contributed by atoms with Crippen molar-refractivity contribution in [2.24, 2.45) is 0 Å². The number of rotatable bonds is 2. The number of nitrogens with one attached hydrogen (secondary N) is 1. The Kier molecular flexibility index (Phi) is 2.57.